The average molecular weight is 374 g/mol. The standard InChI is InChI=1S/C16H14O6S.K.H/c1-22-16(18)14-10-12(6-9-15(14)17)3-2-11-4-7-13(8-5-11)23(19,20)21;;/h2-10,17H,1H3,(H,19,20,21);;. The first-order valence-corrected chi connectivity index (χ1v) is 7.92. The van der Waals surface area contributed by atoms with E-state index < -0.39 is 16.1 Å². The third-order valence-electron chi connectivity index (χ3n) is 3.07. The molecule has 0 aliphatic heterocycles. The van der Waals surface area contributed by atoms with Gasteiger partial charge in [-0.15, -0.1) is 0 Å². The van der Waals surface area contributed by atoms with Crippen LogP contribution in [0, 0.1) is 0 Å². The second-order valence-corrected chi connectivity index (χ2v) is 6.07. The molecule has 0 bridgehead atoms. The molecular formula is C16H15KO6S. The van der Waals surface area contributed by atoms with E-state index in [1.54, 1.807) is 18.2 Å². The summed E-state index contributed by atoms with van der Waals surface area (Å²) >= 11 is 0. The molecule has 0 saturated heterocycles. The summed E-state index contributed by atoms with van der Waals surface area (Å²) in [4.78, 5) is 11.3. The number of hydrogen-bond acceptors (Lipinski definition) is 5. The summed E-state index contributed by atoms with van der Waals surface area (Å²) in [5, 5.41) is 9.62. The molecule has 0 aliphatic carbocycles. The predicted molar refractivity (Wildman–Crippen MR) is 91.8 cm³/mol. The van der Waals surface area contributed by atoms with Crippen molar-refractivity contribution in [3.63, 3.8) is 0 Å². The summed E-state index contributed by atoms with van der Waals surface area (Å²) in [7, 11) is -2.99. The van der Waals surface area contributed by atoms with Gasteiger partial charge in [0, 0.05) is 0 Å². The third-order valence-corrected chi connectivity index (χ3v) is 3.94. The Hall–Kier alpha value is -1.00. The zero-order valence-corrected chi connectivity index (χ0v) is 12.9. The Morgan fingerprint density at radius 1 is 1.04 bits per heavy atom. The Morgan fingerprint density at radius 2 is 1.58 bits per heavy atom. The number of carbonyl (C=O) groups excluding carboxylic acids is 1. The number of phenols is 1. The number of methoxy groups -OCH3 is 1. The van der Waals surface area contributed by atoms with Crippen LogP contribution in [0.2, 0.25) is 0 Å². The van der Waals surface area contributed by atoms with Crippen molar-refractivity contribution in [2.24, 2.45) is 0 Å². The molecule has 0 saturated carbocycles. The first-order chi connectivity index (χ1) is 10.8. The first-order valence-electron chi connectivity index (χ1n) is 6.48. The quantitative estimate of drug-likeness (QED) is 0.367. The van der Waals surface area contributed by atoms with Gasteiger partial charge in [-0.3, -0.25) is 4.55 Å². The number of aromatic hydroxyl groups is 1. The molecule has 24 heavy (non-hydrogen) atoms. The van der Waals surface area contributed by atoms with E-state index in [1.165, 1.54) is 43.5 Å². The van der Waals surface area contributed by atoms with Gasteiger partial charge in [0.25, 0.3) is 10.1 Å². The first kappa shape index (κ1) is 21.0. The number of ether oxygens (including phenoxy) is 1. The van der Waals surface area contributed by atoms with E-state index >= 15 is 0 Å². The van der Waals surface area contributed by atoms with Crippen LogP contribution in [0.3, 0.4) is 0 Å². The van der Waals surface area contributed by atoms with Crippen LogP contribution in [0.1, 0.15) is 21.5 Å². The van der Waals surface area contributed by atoms with Crippen molar-refractivity contribution in [1.29, 1.82) is 0 Å². The van der Waals surface area contributed by atoms with E-state index in [0.29, 0.717) is 11.1 Å². The fourth-order valence-electron chi connectivity index (χ4n) is 1.87. The SMILES string of the molecule is COC(=O)c1cc(C=Cc2ccc(S(=O)(=O)O)cc2)ccc1O.[KH]. The molecule has 0 aromatic heterocycles. The molecule has 0 fully saturated rings. The van der Waals surface area contributed by atoms with Crippen molar-refractivity contribution in [2.75, 3.05) is 7.11 Å². The van der Waals surface area contributed by atoms with E-state index in [2.05, 4.69) is 4.74 Å². The molecule has 6 nitrogen and oxygen atoms in total. The Morgan fingerprint density at radius 3 is 2.12 bits per heavy atom. The molecular weight excluding hydrogens is 359 g/mol. The van der Waals surface area contributed by atoms with Crippen LogP contribution in [-0.2, 0) is 14.9 Å². The van der Waals surface area contributed by atoms with Gasteiger partial charge in [-0.25, -0.2) is 4.79 Å². The predicted octanol–water partition coefficient (Wildman–Crippen LogP) is 1.95. The second kappa shape index (κ2) is 8.91. The molecule has 0 heterocycles. The second-order valence-electron chi connectivity index (χ2n) is 4.65. The molecule has 2 aromatic carbocycles. The van der Waals surface area contributed by atoms with Gasteiger partial charge in [-0.1, -0.05) is 30.4 Å². The van der Waals surface area contributed by atoms with Crippen molar-refractivity contribution in [3.8, 4) is 5.75 Å². The number of rotatable bonds is 4. The molecule has 0 radical (unpaired) electrons. The van der Waals surface area contributed by atoms with Gasteiger partial charge in [0.05, 0.1) is 12.0 Å². The zero-order chi connectivity index (χ0) is 17.0. The summed E-state index contributed by atoms with van der Waals surface area (Å²) in [6.45, 7) is 0. The summed E-state index contributed by atoms with van der Waals surface area (Å²) in [6.07, 6.45) is 3.38. The maximum atomic E-state index is 11.5. The Labute approximate surface area is 182 Å². The van der Waals surface area contributed by atoms with E-state index in [4.69, 9.17) is 4.55 Å². The zero-order valence-electron chi connectivity index (χ0n) is 12.1. The molecule has 0 amide bonds. The van der Waals surface area contributed by atoms with Crippen molar-refractivity contribution in [3.05, 3.63) is 59.2 Å². The van der Waals surface area contributed by atoms with Crippen molar-refractivity contribution in [1.82, 2.24) is 0 Å². The molecule has 2 rings (SSSR count). The van der Waals surface area contributed by atoms with Crippen LogP contribution in [0.4, 0.5) is 0 Å². The van der Waals surface area contributed by atoms with E-state index in [1.807, 2.05) is 0 Å². The van der Waals surface area contributed by atoms with Gasteiger partial charge in [0.1, 0.15) is 11.3 Å². The summed E-state index contributed by atoms with van der Waals surface area (Å²) in [5.74, 6) is -0.818. The van der Waals surface area contributed by atoms with E-state index in [-0.39, 0.29) is 67.6 Å². The Balaban J connectivity index is 0.00000288. The van der Waals surface area contributed by atoms with E-state index in [9.17, 15) is 18.3 Å². The van der Waals surface area contributed by atoms with Gasteiger partial charge in [-0.2, -0.15) is 8.42 Å². The molecule has 2 N–H and O–H groups in total. The van der Waals surface area contributed by atoms with Crippen LogP contribution in [-0.4, -0.2) is 82.5 Å². The maximum absolute atomic E-state index is 11.5. The number of benzene rings is 2. The fraction of sp³-hybridized carbons (Fsp3) is 0.0625. The van der Waals surface area contributed by atoms with Crippen molar-refractivity contribution < 1.29 is 27.6 Å². The minimum atomic E-state index is -4.21. The molecule has 0 spiro atoms. The van der Waals surface area contributed by atoms with Gasteiger partial charge in [0.15, 0.2) is 0 Å². The average Bonchev–Trinajstić information content (AvgIpc) is 2.53. The Bertz CT molecular complexity index is 857. The summed E-state index contributed by atoms with van der Waals surface area (Å²) in [5.41, 5.74) is 1.41. The van der Waals surface area contributed by atoms with Gasteiger partial charge in [-0.05, 0) is 35.4 Å². The minimum absolute atomic E-state index is 0. The molecule has 0 aliphatic rings. The van der Waals surface area contributed by atoms with Crippen LogP contribution < -0.4 is 0 Å². The van der Waals surface area contributed by atoms with Crippen LogP contribution >= 0.6 is 0 Å². The van der Waals surface area contributed by atoms with Gasteiger partial charge >= 0.3 is 57.4 Å². The summed E-state index contributed by atoms with van der Waals surface area (Å²) in [6, 6.07) is 10.1. The fourth-order valence-corrected chi connectivity index (χ4v) is 2.35. The Kier molecular flexibility index (Phi) is 7.81. The number of esters is 1. The normalized spacial score (nSPS) is 11.1. The molecule has 0 unspecified atom stereocenters. The van der Waals surface area contributed by atoms with Crippen molar-refractivity contribution >= 4 is 79.6 Å². The van der Waals surface area contributed by atoms with Crippen LogP contribution in [0.25, 0.3) is 12.2 Å². The topological polar surface area (TPSA) is 101 Å². The van der Waals surface area contributed by atoms with Crippen LogP contribution in [0.5, 0.6) is 5.75 Å². The van der Waals surface area contributed by atoms with Gasteiger partial charge < -0.3 is 9.84 Å². The van der Waals surface area contributed by atoms with Crippen molar-refractivity contribution in [2.45, 2.75) is 4.90 Å². The molecule has 8 heteroatoms. The summed E-state index contributed by atoms with van der Waals surface area (Å²) < 4.78 is 35.4. The third kappa shape index (κ3) is 5.52. The molecule has 0 atom stereocenters. The van der Waals surface area contributed by atoms with Crippen LogP contribution in [0.15, 0.2) is 47.4 Å². The number of phenolic OH excluding ortho intramolecular Hbond substituents is 1. The number of carbonyl (C=O) groups is 1. The van der Waals surface area contributed by atoms with E-state index in [0.717, 1.165) is 0 Å². The number of hydrogen-bond donors (Lipinski definition) is 2. The molecule has 2 aromatic rings. The van der Waals surface area contributed by atoms with Gasteiger partial charge in [0.2, 0.25) is 0 Å². The molecule has 122 valence electrons. The monoisotopic (exact) mass is 374 g/mol.